The van der Waals surface area contributed by atoms with Crippen molar-refractivity contribution in [3.63, 3.8) is 0 Å². The number of rotatable bonds is 5. The summed E-state index contributed by atoms with van der Waals surface area (Å²) in [7, 11) is 0. The average molecular weight is 305 g/mol. The van der Waals surface area contributed by atoms with Gasteiger partial charge in [0, 0.05) is 11.3 Å². The fraction of sp³-hybridized carbons (Fsp3) is 0.312. The molecule has 1 aromatic heterocycles. The Morgan fingerprint density at radius 2 is 2.29 bits per heavy atom. The first-order valence-electron chi connectivity index (χ1n) is 6.55. The Bertz CT molecular complexity index is 658. The molecule has 5 heteroatoms. The Morgan fingerprint density at radius 1 is 1.43 bits per heavy atom. The summed E-state index contributed by atoms with van der Waals surface area (Å²) in [4.78, 5) is 5.41. The summed E-state index contributed by atoms with van der Waals surface area (Å²) in [5, 5.41) is 8.65. The third-order valence-electron chi connectivity index (χ3n) is 2.92. The van der Waals surface area contributed by atoms with Gasteiger partial charge in [-0.2, -0.15) is 0 Å². The molecule has 0 bridgehead atoms. The van der Waals surface area contributed by atoms with Crippen LogP contribution in [0.2, 0.25) is 0 Å². The SMILES string of the molecule is Cc1ncsc1CCOCc1ccc(F)c(C#CCO)c1. The first kappa shape index (κ1) is 15.6. The molecule has 2 rings (SSSR count). The quantitative estimate of drug-likeness (QED) is 0.682. The minimum Gasteiger partial charge on any atom is -0.384 e. The smallest absolute Gasteiger partial charge is 0.138 e. The molecular weight excluding hydrogens is 289 g/mol. The van der Waals surface area contributed by atoms with Crippen LogP contribution in [0.3, 0.4) is 0 Å². The maximum Gasteiger partial charge on any atom is 0.138 e. The molecule has 1 aromatic carbocycles. The van der Waals surface area contributed by atoms with Crippen LogP contribution >= 0.6 is 11.3 Å². The van der Waals surface area contributed by atoms with Crippen LogP contribution in [-0.4, -0.2) is 23.3 Å². The number of thiazole rings is 1. The number of halogens is 1. The van der Waals surface area contributed by atoms with E-state index in [1.54, 1.807) is 23.5 Å². The van der Waals surface area contributed by atoms with E-state index in [0.717, 1.165) is 17.7 Å². The zero-order chi connectivity index (χ0) is 15.1. The van der Waals surface area contributed by atoms with E-state index < -0.39 is 0 Å². The third kappa shape index (κ3) is 4.64. The second-order valence-corrected chi connectivity index (χ2v) is 5.38. The van der Waals surface area contributed by atoms with Crippen LogP contribution in [0.15, 0.2) is 23.7 Å². The first-order chi connectivity index (χ1) is 10.2. The highest BCUT2D eigenvalue weighted by molar-refractivity contribution is 7.09. The lowest BCUT2D eigenvalue weighted by molar-refractivity contribution is 0.124. The Kier molecular flexibility index (Phi) is 5.88. The molecule has 1 heterocycles. The number of aliphatic hydroxyl groups is 1. The van der Waals surface area contributed by atoms with Crippen molar-refractivity contribution < 1.29 is 14.2 Å². The van der Waals surface area contributed by atoms with Crippen molar-refractivity contribution in [2.45, 2.75) is 20.0 Å². The molecule has 0 fully saturated rings. The van der Waals surface area contributed by atoms with E-state index in [4.69, 9.17) is 9.84 Å². The van der Waals surface area contributed by atoms with E-state index >= 15 is 0 Å². The highest BCUT2D eigenvalue weighted by atomic mass is 32.1. The molecule has 0 amide bonds. The summed E-state index contributed by atoms with van der Waals surface area (Å²) in [6, 6.07) is 4.70. The summed E-state index contributed by atoms with van der Waals surface area (Å²) < 4.78 is 19.1. The van der Waals surface area contributed by atoms with Crippen LogP contribution < -0.4 is 0 Å². The molecule has 0 saturated carbocycles. The van der Waals surface area contributed by atoms with Gasteiger partial charge in [-0.05, 0) is 24.6 Å². The fourth-order valence-electron chi connectivity index (χ4n) is 1.81. The van der Waals surface area contributed by atoms with Gasteiger partial charge in [-0.3, -0.25) is 0 Å². The standard InChI is InChI=1S/C16H16FNO2S/c1-12-16(21-11-18-12)6-8-20-10-13-4-5-15(17)14(9-13)3-2-7-19/h4-5,9,11,19H,6-8,10H2,1H3. The monoisotopic (exact) mass is 305 g/mol. The minimum atomic E-state index is -0.389. The van der Waals surface area contributed by atoms with Gasteiger partial charge >= 0.3 is 0 Å². The average Bonchev–Trinajstić information content (AvgIpc) is 2.89. The van der Waals surface area contributed by atoms with Crippen molar-refractivity contribution in [2.75, 3.05) is 13.2 Å². The summed E-state index contributed by atoms with van der Waals surface area (Å²) in [6.45, 7) is 2.70. The summed E-state index contributed by atoms with van der Waals surface area (Å²) in [6.07, 6.45) is 0.828. The minimum absolute atomic E-state index is 0.281. The van der Waals surface area contributed by atoms with Gasteiger partial charge in [-0.1, -0.05) is 17.9 Å². The second-order valence-electron chi connectivity index (χ2n) is 4.44. The van der Waals surface area contributed by atoms with E-state index in [2.05, 4.69) is 16.8 Å². The van der Waals surface area contributed by atoms with Crippen molar-refractivity contribution in [3.8, 4) is 11.8 Å². The van der Waals surface area contributed by atoms with Crippen LogP contribution in [0, 0.1) is 24.6 Å². The van der Waals surface area contributed by atoms with Crippen LogP contribution in [0.5, 0.6) is 0 Å². The molecule has 21 heavy (non-hydrogen) atoms. The maximum atomic E-state index is 13.5. The number of hydrogen-bond acceptors (Lipinski definition) is 4. The van der Waals surface area contributed by atoms with Crippen LogP contribution in [-0.2, 0) is 17.8 Å². The predicted octanol–water partition coefficient (Wildman–Crippen LogP) is 2.69. The first-order valence-corrected chi connectivity index (χ1v) is 7.43. The van der Waals surface area contributed by atoms with Gasteiger partial charge < -0.3 is 9.84 Å². The van der Waals surface area contributed by atoms with Crippen molar-refractivity contribution in [1.29, 1.82) is 0 Å². The topological polar surface area (TPSA) is 42.4 Å². The van der Waals surface area contributed by atoms with Gasteiger partial charge in [0.05, 0.1) is 30.0 Å². The molecule has 0 spiro atoms. The van der Waals surface area contributed by atoms with E-state index in [-0.39, 0.29) is 18.0 Å². The number of benzene rings is 1. The molecule has 0 unspecified atom stereocenters. The van der Waals surface area contributed by atoms with Gasteiger partial charge in [0.2, 0.25) is 0 Å². The van der Waals surface area contributed by atoms with Crippen molar-refractivity contribution in [2.24, 2.45) is 0 Å². The van der Waals surface area contributed by atoms with Gasteiger partial charge in [0.15, 0.2) is 0 Å². The lowest BCUT2D eigenvalue weighted by atomic mass is 10.1. The zero-order valence-corrected chi connectivity index (χ0v) is 12.5. The lowest BCUT2D eigenvalue weighted by Gasteiger charge is -2.05. The van der Waals surface area contributed by atoms with Crippen LogP contribution in [0.1, 0.15) is 21.7 Å². The lowest BCUT2D eigenvalue weighted by Crippen LogP contribution is -2.00. The molecule has 1 N–H and O–H groups in total. The molecule has 2 aromatic rings. The van der Waals surface area contributed by atoms with Gasteiger partial charge in [0.25, 0.3) is 0 Å². The van der Waals surface area contributed by atoms with Crippen molar-refractivity contribution >= 4 is 11.3 Å². The molecule has 0 aliphatic carbocycles. The normalized spacial score (nSPS) is 10.2. The van der Waals surface area contributed by atoms with Crippen LogP contribution in [0.4, 0.5) is 4.39 Å². The number of hydrogen-bond donors (Lipinski definition) is 1. The Balaban J connectivity index is 1.87. The van der Waals surface area contributed by atoms with Gasteiger partial charge in [-0.15, -0.1) is 11.3 Å². The molecule has 0 atom stereocenters. The Hall–Kier alpha value is -1.74. The molecule has 0 radical (unpaired) electrons. The number of aromatic nitrogens is 1. The molecule has 0 aliphatic heterocycles. The second kappa shape index (κ2) is 7.89. The molecule has 0 saturated heterocycles. The summed E-state index contributed by atoms with van der Waals surface area (Å²) in [5.74, 6) is 4.64. The molecule has 110 valence electrons. The van der Waals surface area contributed by atoms with Crippen molar-refractivity contribution in [1.82, 2.24) is 4.98 Å². The Labute approximate surface area is 127 Å². The van der Waals surface area contributed by atoms with Gasteiger partial charge in [0.1, 0.15) is 12.4 Å². The van der Waals surface area contributed by atoms with E-state index in [9.17, 15) is 4.39 Å². The highest BCUT2D eigenvalue weighted by Crippen LogP contribution is 2.14. The highest BCUT2D eigenvalue weighted by Gasteiger charge is 2.03. The number of nitrogens with zero attached hydrogens (tertiary/aromatic N) is 1. The van der Waals surface area contributed by atoms with E-state index in [0.29, 0.717) is 13.2 Å². The predicted molar refractivity (Wildman–Crippen MR) is 80.6 cm³/mol. The summed E-state index contributed by atoms with van der Waals surface area (Å²) in [5.41, 5.74) is 4.02. The third-order valence-corrected chi connectivity index (χ3v) is 3.91. The largest absolute Gasteiger partial charge is 0.384 e. The summed E-state index contributed by atoms with van der Waals surface area (Å²) >= 11 is 1.63. The van der Waals surface area contributed by atoms with Crippen LogP contribution in [0.25, 0.3) is 0 Å². The molecule has 3 nitrogen and oxygen atoms in total. The number of ether oxygens (including phenoxy) is 1. The molecule has 0 aliphatic rings. The zero-order valence-electron chi connectivity index (χ0n) is 11.7. The number of aryl methyl sites for hydroxylation is 1. The Morgan fingerprint density at radius 3 is 3.00 bits per heavy atom. The molecular formula is C16H16FNO2S. The van der Waals surface area contributed by atoms with Crippen molar-refractivity contribution in [3.05, 3.63) is 51.2 Å². The number of aliphatic hydroxyl groups excluding tert-OH is 1. The fourth-order valence-corrected chi connectivity index (χ4v) is 2.58. The maximum absolute atomic E-state index is 13.5. The van der Waals surface area contributed by atoms with E-state index in [1.165, 1.54) is 10.9 Å². The van der Waals surface area contributed by atoms with E-state index in [1.807, 2.05) is 12.4 Å². The van der Waals surface area contributed by atoms with Gasteiger partial charge in [-0.25, -0.2) is 9.37 Å².